The molecule has 0 bridgehead atoms. The first-order valence-electron chi connectivity index (χ1n) is 6.14. The number of halogens is 3. The normalized spacial score (nSPS) is 15.2. The van der Waals surface area contributed by atoms with Gasteiger partial charge in [-0.1, -0.05) is 0 Å². The monoisotopic (exact) mass is 283 g/mol. The van der Waals surface area contributed by atoms with Gasteiger partial charge in [0.2, 0.25) is 5.95 Å². The van der Waals surface area contributed by atoms with Crippen LogP contribution in [0.5, 0.6) is 0 Å². The summed E-state index contributed by atoms with van der Waals surface area (Å²) in [7, 11) is 0. The zero-order valence-corrected chi connectivity index (χ0v) is 10.5. The number of nitrogen functional groups attached to an aromatic ring is 2. The highest BCUT2D eigenvalue weighted by atomic mass is 19.2. The maximum absolute atomic E-state index is 14.5. The van der Waals surface area contributed by atoms with E-state index >= 15 is 0 Å². The lowest BCUT2D eigenvalue weighted by Gasteiger charge is -2.20. The van der Waals surface area contributed by atoms with Crippen molar-refractivity contribution in [1.82, 2.24) is 9.97 Å². The van der Waals surface area contributed by atoms with Gasteiger partial charge in [0.25, 0.3) is 0 Å². The van der Waals surface area contributed by atoms with Gasteiger partial charge in [-0.05, 0) is 12.8 Å². The summed E-state index contributed by atoms with van der Waals surface area (Å²) in [5.74, 6) is -4.14. The lowest BCUT2D eigenvalue weighted by molar-refractivity contribution is 0.503. The Morgan fingerprint density at radius 1 is 0.900 bits per heavy atom. The molecule has 106 valence electrons. The Hall–Kier alpha value is -2.25. The number of benzene rings is 1. The maximum atomic E-state index is 14.5. The van der Waals surface area contributed by atoms with E-state index in [9.17, 15) is 13.2 Å². The Labute approximate surface area is 112 Å². The summed E-state index contributed by atoms with van der Waals surface area (Å²) in [6, 6.07) is 0. The Balaban J connectivity index is 2.37. The van der Waals surface area contributed by atoms with E-state index in [2.05, 4.69) is 9.97 Å². The van der Waals surface area contributed by atoms with Crippen molar-refractivity contribution in [3.63, 3.8) is 0 Å². The van der Waals surface area contributed by atoms with Crippen molar-refractivity contribution in [1.29, 1.82) is 0 Å². The number of nitrogens with zero attached hydrogens (tertiary/aromatic N) is 3. The van der Waals surface area contributed by atoms with Gasteiger partial charge in [-0.2, -0.15) is 4.98 Å². The van der Waals surface area contributed by atoms with E-state index < -0.39 is 34.0 Å². The molecule has 0 amide bonds. The summed E-state index contributed by atoms with van der Waals surface area (Å²) in [5.41, 5.74) is 10.1. The largest absolute Gasteiger partial charge is 0.383 e. The Morgan fingerprint density at radius 3 is 2.20 bits per heavy atom. The van der Waals surface area contributed by atoms with E-state index in [1.807, 2.05) is 0 Å². The molecule has 1 saturated heterocycles. The van der Waals surface area contributed by atoms with Crippen molar-refractivity contribution in [3.05, 3.63) is 17.5 Å². The van der Waals surface area contributed by atoms with Gasteiger partial charge in [-0.25, -0.2) is 18.2 Å². The number of rotatable bonds is 1. The van der Waals surface area contributed by atoms with Crippen molar-refractivity contribution in [2.24, 2.45) is 0 Å². The van der Waals surface area contributed by atoms with Crippen LogP contribution in [-0.2, 0) is 0 Å². The molecule has 0 radical (unpaired) electrons. The first-order valence-corrected chi connectivity index (χ1v) is 6.14. The average molecular weight is 283 g/mol. The molecule has 20 heavy (non-hydrogen) atoms. The molecule has 0 saturated carbocycles. The predicted octanol–water partition coefficient (Wildman–Crippen LogP) is 1.81. The molecule has 8 heteroatoms. The van der Waals surface area contributed by atoms with Gasteiger partial charge in [0.15, 0.2) is 17.5 Å². The number of fused-ring (bicyclic) bond motifs is 1. The van der Waals surface area contributed by atoms with E-state index in [1.165, 1.54) is 4.90 Å². The minimum Gasteiger partial charge on any atom is -0.383 e. The summed E-state index contributed by atoms with van der Waals surface area (Å²) in [4.78, 5) is 8.64. The Morgan fingerprint density at radius 2 is 1.55 bits per heavy atom. The molecule has 1 aromatic heterocycles. The zero-order valence-electron chi connectivity index (χ0n) is 10.5. The molecular weight excluding hydrogens is 271 g/mol. The predicted molar refractivity (Wildman–Crippen MR) is 69.7 cm³/mol. The van der Waals surface area contributed by atoms with Crippen LogP contribution in [-0.4, -0.2) is 23.1 Å². The second-order valence-corrected chi connectivity index (χ2v) is 4.68. The number of anilines is 3. The molecule has 0 aliphatic carbocycles. The van der Waals surface area contributed by atoms with Crippen LogP contribution >= 0.6 is 0 Å². The van der Waals surface area contributed by atoms with Gasteiger partial charge in [0.05, 0.1) is 5.39 Å². The van der Waals surface area contributed by atoms with Gasteiger partial charge in [0.1, 0.15) is 17.0 Å². The molecule has 3 rings (SSSR count). The molecule has 1 aliphatic rings. The highest BCUT2D eigenvalue weighted by molar-refractivity contribution is 5.92. The van der Waals surface area contributed by atoms with Crippen LogP contribution in [0.15, 0.2) is 0 Å². The van der Waals surface area contributed by atoms with Crippen molar-refractivity contribution in [3.8, 4) is 0 Å². The van der Waals surface area contributed by atoms with Crippen LogP contribution in [0.4, 0.5) is 30.6 Å². The van der Waals surface area contributed by atoms with Crippen LogP contribution in [0, 0.1) is 17.5 Å². The lowest BCUT2D eigenvalue weighted by Crippen LogP contribution is -2.22. The molecular formula is C12H12F3N5. The van der Waals surface area contributed by atoms with Gasteiger partial charge < -0.3 is 16.4 Å². The second kappa shape index (κ2) is 4.39. The minimum absolute atomic E-state index is 0.285. The van der Waals surface area contributed by atoms with Crippen LogP contribution in [0.3, 0.4) is 0 Å². The molecule has 1 fully saturated rings. The van der Waals surface area contributed by atoms with E-state index in [4.69, 9.17) is 11.5 Å². The van der Waals surface area contributed by atoms with Crippen LogP contribution in [0.25, 0.3) is 10.9 Å². The summed E-state index contributed by atoms with van der Waals surface area (Å²) in [5, 5.41) is -0.475. The number of aromatic nitrogens is 2. The van der Waals surface area contributed by atoms with E-state index in [1.54, 1.807) is 0 Å². The number of hydrogen-bond donors (Lipinski definition) is 2. The standard InChI is InChI=1S/C12H12F3N5/c13-6-5-9(18-12(17)19-11(5)16)8(15)10(7(6)14)20-3-1-2-4-20/h1-4H2,(H4,16,17,18,19). The van der Waals surface area contributed by atoms with Crippen molar-refractivity contribution in [2.75, 3.05) is 29.5 Å². The molecule has 0 atom stereocenters. The fraction of sp³-hybridized carbons (Fsp3) is 0.333. The number of nitrogens with two attached hydrogens (primary N) is 2. The quantitative estimate of drug-likeness (QED) is 0.780. The SMILES string of the molecule is Nc1nc(N)c2c(F)c(F)c(N3CCCC3)c(F)c2n1. The molecule has 4 N–H and O–H groups in total. The van der Waals surface area contributed by atoms with E-state index in [0.717, 1.165) is 12.8 Å². The molecule has 2 aromatic rings. The fourth-order valence-corrected chi connectivity index (χ4v) is 2.51. The third kappa shape index (κ3) is 1.71. The summed E-state index contributed by atoms with van der Waals surface area (Å²) >= 11 is 0. The number of hydrogen-bond acceptors (Lipinski definition) is 5. The van der Waals surface area contributed by atoms with Gasteiger partial charge in [-0.15, -0.1) is 0 Å². The van der Waals surface area contributed by atoms with Crippen LogP contribution in [0.1, 0.15) is 12.8 Å². The lowest BCUT2D eigenvalue weighted by atomic mass is 10.1. The van der Waals surface area contributed by atoms with Crippen molar-refractivity contribution in [2.45, 2.75) is 12.8 Å². The first-order chi connectivity index (χ1) is 9.50. The maximum Gasteiger partial charge on any atom is 0.222 e. The highest BCUT2D eigenvalue weighted by Gasteiger charge is 2.28. The van der Waals surface area contributed by atoms with Crippen molar-refractivity contribution >= 4 is 28.4 Å². The summed E-state index contributed by atoms with van der Waals surface area (Å²) in [6.45, 7) is 0.934. The Bertz CT molecular complexity index is 698. The van der Waals surface area contributed by atoms with Gasteiger partial charge in [-0.3, -0.25) is 0 Å². The van der Waals surface area contributed by atoms with Crippen LogP contribution < -0.4 is 16.4 Å². The molecule has 1 aromatic carbocycles. The third-order valence-corrected chi connectivity index (χ3v) is 3.41. The van der Waals surface area contributed by atoms with E-state index in [-0.39, 0.29) is 11.8 Å². The topological polar surface area (TPSA) is 81.1 Å². The van der Waals surface area contributed by atoms with E-state index in [0.29, 0.717) is 13.1 Å². The third-order valence-electron chi connectivity index (χ3n) is 3.41. The Kier molecular flexibility index (Phi) is 2.81. The zero-order chi connectivity index (χ0) is 14.4. The minimum atomic E-state index is -1.27. The second-order valence-electron chi connectivity index (χ2n) is 4.68. The molecule has 0 unspecified atom stereocenters. The van der Waals surface area contributed by atoms with Gasteiger partial charge >= 0.3 is 0 Å². The first kappa shape index (κ1) is 12.8. The molecule has 1 aliphatic heterocycles. The van der Waals surface area contributed by atoms with Crippen molar-refractivity contribution < 1.29 is 13.2 Å². The highest BCUT2D eigenvalue weighted by Crippen LogP contribution is 2.36. The van der Waals surface area contributed by atoms with Gasteiger partial charge in [0, 0.05) is 13.1 Å². The summed E-state index contributed by atoms with van der Waals surface area (Å²) in [6.07, 6.45) is 1.60. The smallest absolute Gasteiger partial charge is 0.222 e. The van der Waals surface area contributed by atoms with Crippen LogP contribution in [0.2, 0.25) is 0 Å². The summed E-state index contributed by atoms with van der Waals surface area (Å²) < 4.78 is 42.7. The molecule has 5 nitrogen and oxygen atoms in total. The average Bonchev–Trinajstić information content (AvgIpc) is 2.89. The molecule has 0 spiro atoms. The fourth-order valence-electron chi connectivity index (χ4n) is 2.51. The molecule has 2 heterocycles.